The monoisotopic (exact) mass is 1120 g/mol. The molecule has 0 spiro atoms. The Balaban J connectivity index is 1.01. The van der Waals surface area contributed by atoms with Crippen LogP contribution in [0, 0.1) is 0 Å². The van der Waals surface area contributed by atoms with E-state index in [2.05, 4.69) is 305 Å². The summed E-state index contributed by atoms with van der Waals surface area (Å²) in [5.74, 6) is 0. The van der Waals surface area contributed by atoms with Crippen molar-refractivity contribution in [1.82, 2.24) is 0 Å². The normalized spacial score (nSPS) is 15.3. The number of nitrogens with zero attached hydrogens (tertiary/aromatic N) is 3. The maximum Gasteiger partial charge on any atom is 0.252 e. The third-order valence-electron chi connectivity index (χ3n) is 19.6. The molecule has 12 aromatic rings. The number of furan rings is 2. The van der Waals surface area contributed by atoms with Gasteiger partial charge in [0.1, 0.15) is 22.3 Å². The van der Waals surface area contributed by atoms with E-state index in [4.69, 9.17) is 8.83 Å². The van der Waals surface area contributed by atoms with Gasteiger partial charge in [0.15, 0.2) is 0 Å². The molecular formula is C80H76BN3O2. The minimum absolute atomic E-state index is 0.00813. The van der Waals surface area contributed by atoms with Gasteiger partial charge < -0.3 is 23.5 Å². The van der Waals surface area contributed by atoms with Gasteiger partial charge in [-0.25, -0.2) is 0 Å². The number of fused-ring (bicyclic) bond motifs is 11. The van der Waals surface area contributed by atoms with Gasteiger partial charge in [-0.05, 0) is 192 Å². The van der Waals surface area contributed by atoms with Crippen molar-refractivity contribution in [3.8, 4) is 11.1 Å². The third kappa shape index (κ3) is 8.56. The highest BCUT2D eigenvalue weighted by atomic mass is 16.3. The molecule has 15 rings (SSSR count). The molecule has 4 heterocycles. The van der Waals surface area contributed by atoms with Crippen molar-refractivity contribution < 1.29 is 8.83 Å². The Morgan fingerprint density at radius 1 is 0.395 bits per heavy atom. The van der Waals surface area contributed by atoms with Crippen molar-refractivity contribution in [2.75, 3.05) is 14.7 Å². The van der Waals surface area contributed by atoms with E-state index in [1.54, 1.807) is 0 Å². The zero-order chi connectivity index (χ0) is 59.6. The quantitative estimate of drug-likeness (QED) is 0.155. The average Bonchev–Trinajstić information content (AvgIpc) is 0.892. The lowest BCUT2D eigenvalue weighted by molar-refractivity contribution is 0.332. The van der Waals surface area contributed by atoms with Gasteiger partial charge in [-0.2, -0.15) is 0 Å². The molecule has 2 aromatic heterocycles. The number of hydrogen-bond acceptors (Lipinski definition) is 5. The van der Waals surface area contributed by atoms with Gasteiger partial charge in [0.05, 0.1) is 0 Å². The molecule has 0 saturated heterocycles. The maximum atomic E-state index is 6.80. The summed E-state index contributed by atoms with van der Waals surface area (Å²) in [6, 6.07) is 75.7. The van der Waals surface area contributed by atoms with Crippen molar-refractivity contribution in [3.63, 3.8) is 0 Å². The number of hydrogen-bond donors (Lipinski definition) is 0. The number of para-hydroxylation sites is 2. The van der Waals surface area contributed by atoms with Crippen LogP contribution in [0.4, 0.5) is 51.2 Å². The largest absolute Gasteiger partial charge is 0.456 e. The molecule has 0 bridgehead atoms. The minimum Gasteiger partial charge on any atom is -0.456 e. The summed E-state index contributed by atoms with van der Waals surface area (Å²) in [5, 5.41) is 4.51. The summed E-state index contributed by atoms with van der Waals surface area (Å²) < 4.78 is 13.2. The molecule has 0 amide bonds. The van der Waals surface area contributed by atoms with E-state index in [-0.39, 0.29) is 33.8 Å². The Hall–Kier alpha value is -8.74. The summed E-state index contributed by atoms with van der Waals surface area (Å²) in [6.45, 7) is 30.6. The molecule has 3 aliphatic rings. The van der Waals surface area contributed by atoms with Gasteiger partial charge >= 0.3 is 0 Å². The Bertz CT molecular complexity index is 4650. The van der Waals surface area contributed by atoms with Crippen LogP contribution in [0.25, 0.3) is 55.0 Å². The standard InChI is InChI=1S/C80H76BN3O2/c1-76(2,3)50-27-33-53(34-28-50)82(54-35-29-51(30-36-54)77(4,5)6)56-38-40-64-66(45-56)84(57-37-39-60-59-19-14-16-22-70(59)86-73(60)46-57)69-44-52(78(7,8)9)43-68-75(69)81(64)65-47-62-63(80(12,13)42-41-79(62,10)11)48-67(65)83(68)55-31-25-49(26-32-55)58-21-18-24-72-74(58)61-20-15-17-23-71(61)85-72/h14-40,43-48H,41-42H2,1-13H3. The predicted molar refractivity (Wildman–Crippen MR) is 367 cm³/mol. The fraction of sp³-hybridized carbons (Fsp3) is 0.250. The molecule has 426 valence electrons. The van der Waals surface area contributed by atoms with Crippen LogP contribution in [0.1, 0.15) is 131 Å². The second kappa shape index (κ2) is 18.9. The van der Waals surface area contributed by atoms with Crippen LogP contribution in [0.15, 0.2) is 209 Å². The first-order valence-electron chi connectivity index (χ1n) is 31.1. The Labute approximate surface area is 508 Å². The van der Waals surface area contributed by atoms with E-state index >= 15 is 0 Å². The highest BCUT2D eigenvalue weighted by Crippen LogP contribution is 2.53. The van der Waals surface area contributed by atoms with E-state index < -0.39 is 0 Å². The third-order valence-corrected chi connectivity index (χ3v) is 19.6. The summed E-state index contributed by atoms with van der Waals surface area (Å²) in [4.78, 5) is 7.66. The van der Waals surface area contributed by atoms with Crippen molar-refractivity contribution in [2.24, 2.45) is 0 Å². The first kappa shape index (κ1) is 54.0. The van der Waals surface area contributed by atoms with Crippen molar-refractivity contribution in [1.29, 1.82) is 0 Å². The van der Waals surface area contributed by atoms with E-state index in [0.717, 1.165) is 96.4 Å². The van der Waals surface area contributed by atoms with Crippen LogP contribution < -0.4 is 31.1 Å². The fourth-order valence-electron chi connectivity index (χ4n) is 14.5. The lowest BCUT2D eigenvalue weighted by atomic mass is 9.33. The first-order chi connectivity index (χ1) is 41.0. The second-order valence-corrected chi connectivity index (χ2v) is 29.3. The molecule has 10 aromatic carbocycles. The smallest absolute Gasteiger partial charge is 0.252 e. The van der Waals surface area contributed by atoms with E-state index in [9.17, 15) is 0 Å². The molecule has 1 aliphatic carbocycles. The summed E-state index contributed by atoms with van der Waals surface area (Å²) in [7, 11) is 0. The van der Waals surface area contributed by atoms with Crippen LogP contribution in [0.5, 0.6) is 0 Å². The Kier molecular flexibility index (Phi) is 11.8. The molecule has 0 N–H and O–H groups in total. The van der Waals surface area contributed by atoms with Crippen molar-refractivity contribution in [2.45, 2.75) is 130 Å². The lowest BCUT2D eigenvalue weighted by Crippen LogP contribution is -2.62. The van der Waals surface area contributed by atoms with Gasteiger partial charge in [-0.15, -0.1) is 0 Å². The molecule has 0 atom stereocenters. The van der Waals surface area contributed by atoms with Crippen molar-refractivity contribution in [3.05, 3.63) is 228 Å². The molecule has 0 saturated carbocycles. The first-order valence-corrected chi connectivity index (χ1v) is 31.1. The molecule has 6 heteroatoms. The lowest BCUT2D eigenvalue weighted by Gasteiger charge is -2.48. The number of rotatable bonds is 6. The van der Waals surface area contributed by atoms with Crippen molar-refractivity contribution >= 4 is 118 Å². The average molecular weight is 1120 g/mol. The van der Waals surface area contributed by atoms with E-state index in [1.807, 2.05) is 0 Å². The topological polar surface area (TPSA) is 36.0 Å². The summed E-state index contributed by atoms with van der Waals surface area (Å²) in [6.07, 6.45) is 2.25. The fourth-order valence-corrected chi connectivity index (χ4v) is 14.5. The SMILES string of the molecule is CC(C)(C)c1ccc(N(c2ccc(C(C)(C)C)cc2)c2ccc3c(c2)N(c2ccc4c(c2)oc2ccccc24)c2cc(C(C)(C)C)cc4c2B3c2cc3c(cc2N4c2ccc(-c4cccc5oc6ccccc6c45)cc2)C(C)(C)CCC3(C)C)cc1. The van der Waals surface area contributed by atoms with Gasteiger partial charge in [-0.3, -0.25) is 0 Å². The zero-order valence-electron chi connectivity index (χ0n) is 52.2. The molecule has 86 heavy (non-hydrogen) atoms. The van der Waals surface area contributed by atoms with Gasteiger partial charge in [-0.1, -0.05) is 187 Å². The van der Waals surface area contributed by atoms with Crippen LogP contribution in [-0.4, -0.2) is 6.71 Å². The van der Waals surface area contributed by atoms with Crippen LogP contribution in [0.3, 0.4) is 0 Å². The van der Waals surface area contributed by atoms with Crippen LogP contribution in [0.2, 0.25) is 0 Å². The van der Waals surface area contributed by atoms with Gasteiger partial charge in [0, 0.05) is 78.8 Å². The molecule has 5 nitrogen and oxygen atoms in total. The van der Waals surface area contributed by atoms with E-state index in [1.165, 1.54) is 66.8 Å². The summed E-state index contributed by atoms with van der Waals surface area (Å²) in [5.41, 5.74) is 26.6. The maximum absolute atomic E-state index is 6.80. The van der Waals surface area contributed by atoms with Gasteiger partial charge in [0.2, 0.25) is 0 Å². The van der Waals surface area contributed by atoms with Crippen LogP contribution >= 0.6 is 0 Å². The highest BCUT2D eigenvalue weighted by Gasteiger charge is 2.47. The van der Waals surface area contributed by atoms with Crippen LogP contribution in [-0.2, 0) is 27.1 Å². The minimum atomic E-state index is -0.212. The molecule has 0 unspecified atom stereocenters. The highest BCUT2D eigenvalue weighted by molar-refractivity contribution is 7.00. The van der Waals surface area contributed by atoms with E-state index in [0.29, 0.717) is 0 Å². The predicted octanol–water partition coefficient (Wildman–Crippen LogP) is 20.9. The molecular weight excluding hydrogens is 1050 g/mol. The second-order valence-electron chi connectivity index (χ2n) is 29.3. The Morgan fingerprint density at radius 3 is 1.51 bits per heavy atom. The molecule has 2 aliphatic heterocycles. The number of benzene rings is 10. The Morgan fingerprint density at radius 2 is 0.895 bits per heavy atom. The molecule has 0 fully saturated rings. The zero-order valence-corrected chi connectivity index (χ0v) is 52.2. The van der Waals surface area contributed by atoms with Gasteiger partial charge in [0.25, 0.3) is 6.71 Å². The summed E-state index contributed by atoms with van der Waals surface area (Å²) >= 11 is 0. The molecule has 0 radical (unpaired) electrons. The number of anilines is 9.